The van der Waals surface area contributed by atoms with E-state index in [0.717, 1.165) is 19.3 Å². The van der Waals surface area contributed by atoms with Crippen LogP contribution in [0.3, 0.4) is 0 Å². The summed E-state index contributed by atoms with van der Waals surface area (Å²) in [6.07, 6.45) is 3.83. The van der Waals surface area contributed by atoms with Crippen LogP contribution in [0.1, 0.15) is 50.3 Å². The Labute approximate surface area is 126 Å². The van der Waals surface area contributed by atoms with Crippen LogP contribution in [0, 0.1) is 0 Å². The number of aryl methyl sites for hydroxylation is 1. The van der Waals surface area contributed by atoms with Gasteiger partial charge in [-0.1, -0.05) is 31.2 Å². The molecule has 2 unspecified atom stereocenters. The van der Waals surface area contributed by atoms with Crippen LogP contribution in [0.25, 0.3) is 0 Å². The van der Waals surface area contributed by atoms with Crippen molar-refractivity contribution in [2.24, 2.45) is 0 Å². The number of benzene rings is 1. The Kier molecular flexibility index (Phi) is 5.37. The SMILES string of the molecule is CCNC(C)(CCOC1CCCc2ccccc21)C(=O)O. The maximum absolute atomic E-state index is 11.4. The minimum absolute atomic E-state index is 0.106. The molecule has 0 bridgehead atoms. The fraction of sp³-hybridized carbons (Fsp3) is 0.588. The van der Waals surface area contributed by atoms with Gasteiger partial charge in [-0.15, -0.1) is 0 Å². The molecule has 0 spiro atoms. The molecule has 1 aliphatic carbocycles. The van der Waals surface area contributed by atoms with E-state index in [9.17, 15) is 9.90 Å². The Balaban J connectivity index is 1.94. The number of hydrogen-bond donors (Lipinski definition) is 2. The van der Waals surface area contributed by atoms with Crippen molar-refractivity contribution < 1.29 is 14.6 Å². The van der Waals surface area contributed by atoms with Gasteiger partial charge in [-0.2, -0.15) is 0 Å². The van der Waals surface area contributed by atoms with E-state index in [0.29, 0.717) is 19.6 Å². The van der Waals surface area contributed by atoms with Crippen molar-refractivity contribution in [2.45, 2.75) is 51.2 Å². The Morgan fingerprint density at radius 2 is 2.24 bits per heavy atom. The Hall–Kier alpha value is -1.39. The molecular weight excluding hydrogens is 266 g/mol. The van der Waals surface area contributed by atoms with Crippen molar-refractivity contribution in [3.8, 4) is 0 Å². The molecule has 4 nitrogen and oxygen atoms in total. The van der Waals surface area contributed by atoms with Gasteiger partial charge in [0.05, 0.1) is 6.10 Å². The zero-order chi connectivity index (χ0) is 15.3. The average molecular weight is 291 g/mol. The lowest BCUT2D eigenvalue weighted by Crippen LogP contribution is -2.50. The second-order valence-electron chi connectivity index (χ2n) is 5.87. The van der Waals surface area contributed by atoms with Crippen LogP contribution in [-0.2, 0) is 16.0 Å². The Bertz CT molecular complexity index is 489. The van der Waals surface area contributed by atoms with E-state index >= 15 is 0 Å². The highest BCUT2D eigenvalue weighted by Gasteiger charge is 2.32. The standard InChI is InChI=1S/C17H25NO3/c1-3-18-17(2,16(19)20)11-12-21-15-10-6-8-13-7-4-5-9-14(13)15/h4-5,7,9,15,18H,3,6,8,10-12H2,1-2H3,(H,19,20). The largest absolute Gasteiger partial charge is 0.480 e. The van der Waals surface area contributed by atoms with Gasteiger partial charge in [-0.3, -0.25) is 4.79 Å². The maximum Gasteiger partial charge on any atom is 0.323 e. The number of rotatable bonds is 7. The highest BCUT2D eigenvalue weighted by atomic mass is 16.5. The molecule has 2 atom stereocenters. The van der Waals surface area contributed by atoms with Crippen LogP contribution in [0.15, 0.2) is 24.3 Å². The number of aliphatic carboxylic acids is 1. The Morgan fingerprint density at radius 1 is 1.48 bits per heavy atom. The lowest BCUT2D eigenvalue weighted by atomic mass is 9.89. The minimum Gasteiger partial charge on any atom is -0.480 e. The zero-order valence-corrected chi connectivity index (χ0v) is 12.9. The van der Waals surface area contributed by atoms with Crippen molar-refractivity contribution in [1.29, 1.82) is 0 Å². The van der Waals surface area contributed by atoms with Gasteiger partial charge < -0.3 is 15.2 Å². The van der Waals surface area contributed by atoms with Crippen LogP contribution in [0.2, 0.25) is 0 Å². The van der Waals surface area contributed by atoms with Crippen LogP contribution in [0.5, 0.6) is 0 Å². The molecule has 1 aliphatic rings. The van der Waals surface area contributed by atoms with E-state index in [1.807, 2.05) is 13.0 Å². The van der Waals surface area contributed by atoms with E-state index < -0.39 is 11.5 Å². The summed E-state index contributed by atoms with van der Waals surface area (Å²) < 4.78 is 6.00. The first-order valence-corrected chi connectivity index (χ1v) is 7.74. The predicted octanol–water partition coefficient (Wildman–Crippen LogP) is 2.92. The van der Waals surface area contributed by atoms with Crippen LogP contribution < -0.4 is 5.32 Å². The first-order chi connectivity index (χ1) is 10.1. The molecule has 0 aliphatic heterocycles. The van der Waals surface area contributed by atoms with Gasteiger partial charge >= 0.3 is 5.97 Å². The number of carboxylic acid groups (broad SMARTS) is 1. The van der Waals surface area contributed by atoms with Gasteiger partial charge in [0.25, 0.3) is 0 Å². The molecule has 0 saturated carbocycles. The van der Waals surface area contributed by atoms with E-state index in [-0.39, 0.29) is 6.10 Å². The fourth-order valence-corrected chi connectivity index (χ4v) is 2.95. The van der Waals surface area contributed by atoms with Crippen molar-refractivity contribution >= 4 is 5.97 Å². The minimum atomic E-state index is -0.914. The molecule has 0 aromatic heterocycles. The number of hydrogen-bond acceptors (Lipinski definition) is 3. The molecule has 0 heterocycles. The smallest absolute Gasteiger partial charge is 0.323 e. The third-order valence-corrected chi connectivity index (χ3v) is 4.27. The number of carboxylic acids is 1. The summed E-state index contributed by atoms with van der Waals surface area (Å²) in [5.74, 6) is -0.822. The quantitative estimate of drug-likeness (QED) is 0.811. The summed E-state index contributed by atoms with van der Waals surface area (Å²) in [6.45, 7) is 4.72. The van der Waals surface area contributed by atoms with Crippen molar-refractivity contribution in [3.05, 3.63) is 35.4 Å². The second-order valence-corrected chi connectivity index (χ2v) is 5.87. The number of fused-ring (bicyclic) bond motifs is 1. The molecule has 2 rings (SSSR count). The normalized spacial score (nSPS) is 20.6. The molecule has 1 aromatic rings. The summed E-state index contributed by atoms with van der Waals surface area (Å²) >= 11 is 0. The van der Waals surface area contributed by atoms with Crippen molar-refractivity contribution in [3.63, 3.8) is 0 Å². The number of nitrogens with one attached hydrogen (secondary N) is 1. The Morgan fingerprint density at radius 3 is 2.95 bits per heavy atom. The molecule has 1 aromatic carbocycles. The molecule has 0 radical (unpaired) electrons. The third kappa shape index (κ3) is 3.83. The lowest BCUT2D eigenvalue weighted by Gasteiger charge is -2.29. The number of carbonyl (C=O) groups is 1. The summed E-state index contributed by atoms with van der Waals surface area (Å²) in [6, 6.07) is 8.39. The second kappa shape index (κ2) is 7.05. The predicted molar refractivity (Wildman–Crippen MR) is 82.4 cm³/mol. The molecule has 0 amide bonds. The molecule has 4 heteroatoms. The highest BCUT2D eigenvalue weighted by molar-refractivity contribution is 5.78. The molecule has 0 fully saturated rings. The average Bonchev–Trinajstić information content (AvgIpc) is 2.47. The summed E-state index contributed by atoms with van der Waals surface area (Å²) in [4.78, 5) is 11.4. The number of ether oxygens (including phenoxy) is 1. The molecular formula is C17H25NO3. The molecule has 116 valence electrons. The summed E-state index contributed by atoms with van der Waals surface area (Å²) in [5.41, 5.74) is 1.72. The first-order valence-electron chi connectivity index (χ1n) is 7.74. The van der Waals surface area contributed by atoms with E-state index in [2.05, 4.69) is 23.5 Å². The van der Waals surface area contributed by atoms with E-state index in [4.69, 9.17) is 4.74 Å². The van der Waals surface area contributed by atoms with Crippen LogP contribution >= 0.6 is 0 Å². The molecule has 21 heavy (non-hydrogen) atoms. The van der Waals surface area contributed by atoms with Gasteiger partial charge in [0.2, 0.25) is 0 Å². The van der Waals surface area contributed by atoms with Crippen LogP contribution in [0.4, 0.5) is 0 Å². The van der Waals surface area contributed by atoms with Crippen molar-refractivity contribution in [1.82, 2.24) is 5.32 Å². The first kappa shape index (κ1) is 16.0. The monoisotopic (exact) mass is 291 g/mol. The van der Waals surface area contributed by atoms with Gasteiger partial charge in [-0.25, -0.2) is 0 Å². The zero-order valence-electron chi connectivity index (χ0n) is 12.9. The van der Waals surface area contributed by atoms with E-state index in [1.165, 1.54) is 11.1 Å². The molecule has 2 N–H and O–H groups in total. The molecule has 0 saturated heterocycles. The fourth-order valence-electron chi connectivity index (χ4n) is 2.95. The summed E-state index contributed by atoms with van der Waals surface area (Å²) in [5, 5.41) is 12.4. The number of likely N-dealkylation sites (N-methyl/N-ethyl adjacent to an activating group) is 1. The summed E-state index contributed by atoms with van der Waals surface area (Å²) in [7, 11) is 0. The highest BCUT2D eigenvalue weighted by Crippen LogP contribution is 2.32. The van der Waals surface area contributed by atoms with E-state index in [1.54, 1.807) is 6.92 Å². The van der Waals surface area contributed by atoms with Gasteiger partial charge in [0, 0.05) is 6.61 Å². The van der Waals surface area contributed by atoms with Gasteiger partial charge in [0.15, 0.2) is 0 Å². The third-order valence-electron chi connectivity index (χ3n) is 4.27. The van der Waals surface area contributed by atoms with Gasteiger partial charge in [-0.05, 0) is 50.3 Å². The van der Waals surface area contributed by atoms with Crippen molar-refractivity contribution in [2.75, 3.05) is 13.2 Å². The van der Waals surface area contributed by atoms with Crippen LogP contribution in [-0.4, -0.2) is 29.8 Å². The topological polar surface area (TPSA) is 58.6 Å². The van der Waals surface area contributed by atoms with Gasteiger partial charge in [0.1, 0.15) is 5.54 Å². The lowest BCUT2D eigenvalue weighted by molar-refractivity contribution is -0.145. The maximum atomic E-state index is 11.4.